The molecule has 10 nitrogen and oxygen atoms in total. The van der Waals surface area contributed by atoms with Crippen LogP contribution in [0.3, 0.4) is 0 Å². The average Bonchev–Trinajstić information content (AvgIpc) is 3.17. The molecule has 0 aliphatic carbocycles. The lowest BCUT2D eigenvalue weighted by Gasteiger charge is -2.28. The minimum atomic E-state index is -4.67. The molecule has 0 aliphatic rings. The van der Waals surface area contributed by atoms with Crippen molar-refractivity contribution in [3.8, 4) is 0 Å². The van der Waals surface area contributed by atoms with Crippen molar-refractivity contribution in [1.29, 1.82) is 0 Å². The summed E-state index contributed by atoms with van der Waals surface area (Å²) < 4.78 is 33.7. The van der Waals surface area contributed by atoms with Crippen molar-refractivity contribution in [3.05, 3.63) is 109 Å². The standard InChI is InChI=1S/C48H78NO9P/c1-6-7-8-9-10-11-12-13-14-15-18-21-24-27-30-33-36-39-47(51)55-43-46(44-57-59(53,54)56-42-41-49(3,4)5)58-48(52)40-37-34-31-28-25-22-19-16-17-20-23-26-29-32-35-38-45(2)50/h7-8,10-11,13-14,17-22,26-31,45-46,50H,6,9,12,15-16,23-25,32-44H2,1-5H3/b8-7-,11-10-,14-13-,20-17-,21-18-,22-19-,29-26-,30-27-,31-28-/t45-,46+/m0/s1. The van der Waals surface area contributed by atoms with Gasteiger partial charge in [0, 0.05) is 12.8 Å². The fraction of sp³-hybridized carbons (Fsp3) is 0.583. The zero-order valence-corrected chi connectivity index (χ0v) is 37.9. The van der Waals surface area contributed by atoms with Crippen LogP contribution >= 0.6 is 7.82 Å². The number of hydrogen-bond acceptors (Lipinski definition) is 9. The van der Waals surface area contributed by atoms with Crippen molar-refractivity contribution in [2.24, 2.45) is 0 Å². The predicted octanol–water partition coefficient (Wildman–Crippen LogP) is 10.7. The number of ether oxygens (including phenoxy) is 2. The van der Waals surface area contributed by atoms with Gasteiger partial charge in [-0.3, -0.25) is 14.2 Å². The smallest absolute Gasteiger partial charge is 0.306 e. The summed E-state index contributed by atoms with van der Waals surface area (Å²) in [4.78, 5) is 37.5. The van der Waals surface area contributed by atoms with E-state index in [0.29, 0.717) is 36.7 Å². The van der Waals surface area contributed by atoms with Crippen molar-refractivity contribution in [2.75, 3.05) is 47.5 Å². The zero-order valence-electron chi connectivity index (χ0n) is 37.0. The second-order valence-corrected chi connectivity index (χ2v) is 16.7. The van der Waals surface area contributed by atoms with Crippen LogP contribution in [0.25, 0.3) is 0 Å². The number of unbranched alkanes of at least 4 members (excludes halogenated alkanes) is 3. The van der Waals surface area contributed by atoms with Crippen LogP contribution in [0, 0.1) is 0 Å². The molecule has 0 saturated carbocycles. The number of hydrogen-bond donors (Lipinski definition) is 1. The second kappa shape index (κ2) is 38.8. The van der Waals surface area contributed by atoms with Crippen LogP contribution in [0.1, 0.15) is 123 Å². The Morgan fingerprint density at radius 2 is 1.02 bits per heavy atom. The molecule has 0 rings (SSSR count). The second-order valence-electron chi connectivity index (χ2n) is 15.3. The molecule has 0 saturated heterocycles. The Kier molecular flexibility index (Phi) is 36.6. The first-order chi connectivity index (χ1) is 28.3. The Hall–Kier alpha value is -3.37. The van der Waals surface area contributed by atoms with Gasteiger partial charge in [-0.2, -0.15) is 0 Å². The van der Waals surface area contributed by atoms with E-state index in [2.05, 4.69) is 98.1 Å². The number of phosphoric acid groups is 1. The minimum absolute atomic E-state index is 0.0624. The lowest BCUT2D eigenvalue weighted by molar-refractivity contribution is -0.870. The summed E-state index contributed by atoms with van der Waals surface area (Å²) in [6, 6.07) is 0. The summed E-state index contributed by atoms with van der Waals surface area (Å²) in [5.74, 6) is -0.999. The number of nitrogens with zero attached hydrogens (tertiary/aromatic N) is 1. The normalized spacial score (nSPS) is 15.2. The van der Waals surface area contributed by atoms with Gasteiger partial charge < -0.3 is 33.0 Å². The zero-order chi connectivity index (χ0) is 43.7. The number of quaternary nitrogens is 1. The van der Waals surface area contributed by atoms with Gasteiger partial charge in [-0.15, -0.1) is 0 Å². The SMILES string of the molecule is CC/C=C\C/C=C\C/C=C\C/C=C\C/C=C\CCCC(=O)OC[C@H](COP(=O)([O-])OCC[N+](C)(C)C)OC(=O)CCC/C=C\C/C=C\C/C=C\C/C=C\CCC[C@H](C)O. The molecule has 11 heteroatoms. The Balaban J connectivity index is 4.59. The van der Waals surface area contributed by atoms with Gasteiger partial charge in [0.2, 0.25) is 0 Å². The first kappa shape index (κ1) is 55.6. The Morgan fingerprint density at radius 3 is 1.44 bits per heavy atom. The molecule has 0 heterocycles. The van der Waals surface area contributed by atoms with Crippen LogP contribution in [0.2, 0.25) is 0 Å². The van der Waals surface area contributed by atoms with Gasteiger partial charge in [0.25, 0.3) is 7.82 Å². The number of likely N-dealkylation sites (N-methyl/N-ethyl adjacent to an activating group) is 1. The molecule has 0 amide bonds. The van der Waals surface area contributed by atoms with E-state index in [9.17, 15) is 24.2 Å². The molecular weight excluding hydrogens is 765 g/mol. The molecule has 59 heavy (non-hydrogen) atoms. The van der Waals surface area contributed by atoms with E-state index in [1.807, 2.05) is 46.3 Å². The van der Waals surface area contributed by atoms with Gasteiger partial charge >= 0.3 is 11.9 Å². The highest BCUT2D eigenvalue weighted by atomic mass is 31.2. The maximum atomic E-state index is 12.6. The lowest BCUT2D eigenvalue weighted by Crippen LogP contribution is -2.37. The van der Waals surface area contributed by atoms with Crippen LogP contribution in [-0.2, 0) is 32.7 Å². The summed E-state index contributed by atoms with van der Waals surface area (Å²) in [7, 11) is 1.06. The molecular formula is C48H78NO9P. The van der Waals surface area contributed by atoms with Crippen molar-refractivity contribution >= 4 is 19.8 Å². The number of carbonyl (C=O) groups is 2. The third-order valence-electron chi connectivity index (χ3n) is 8.30. The van der Waals surface area contributed by atoms with Crippen molar-refractivity contribution in [1.82, 2.24) is 0 Å². The molecule has 0 aromatic carbocycles. The summed E-state index contributed by atoms with van der Waals surface area (Å²) in [5.41, 5.74) is 0. The van der Waals surface area contributed by atoms with E-state index in [4.69, 9.17) is 18.5 Å². The first-order valence-corrected chi connectivity index (χ1v) is 23.1. The monoisotopic (exact) mass is 844 g/mol. The van der Waals surface area contributed by atoms with Gasteiger partial charge in [-0.05, 0) is 103 Å². The largest absolute Gasteiger partial charge is 0.756 e. The molecule has 1 unspecified atom stereocenters. The number of phosphoric ester groups is 1. The molecule has 0 aromatic rings. The molecule has 0 aromatic heterocycles. The fourth-order valence-corrected chi connectivity index (χ4v) is 5.66. The van der Waals surface area contributed by atoms with E-state index in [-0.39, 0.29) is 32.2 Å². The number of esters is 2. The maximum absolute atomic E-state index is 12.6. The molecule has 0 radical (unpaired) electrons. The molecule has 0 aliphatic heterocycles. The van der Waals surface area contributed by atoms with Crippen LogP contribution in [-0.4, -0.2) is 81.2 Å². The maximum Gasteiger partial charge on any atom is 0.306 e. The third-order valence-corrected chi connectivity index (χ3v) is 9.26. The van der Waals surface area contributed by atoms with Gasteiger partial charge in [0.1, 0.15) is 19.8 Å². The number of carbonyl (C=O) groups excluding carboxylic acids is 2. The van der Waals surface area contributed by atoms with Crippen LogP contribution in [0.15, 0.2) is 109 Å². The molecule has 0 fully saturated rings. The van der Waals surface area contributed by atoms with Crippen molar-refractivity contribution in [3.63, 3.8) is 0 Å². The predicted molar refractivity (Wildman–Crippen MR) is 241 cm³/mol. The van der Waals surface area contributed by atoms with E-state index >= 15 is 0 Å². The topological polar surface area (TPSA) is 131 Å². The Bertz CT molecular complexity index is 1380. The number of aliphatic hydroxyl groups excluding tert-OH is 1. The van der Waals surface area contributed by atoms with Crippen LogP contribution in [0.5, 0.6) is 0 Å². The van der Waals surface area contributed by atoms with E-state index in [0.717, 1.165) is 70.6 Å². The van der Waals surface area contributed by atoms with Crippen molar-refractivity contribution < 1.29 is 47.2 Å². The quantitative estimate of drug-likeness (QED) is 0.0213. The van der Waals surface area contributed by atoms with E-state index < -0.39 is 32.5 Å². The highest BCUT2D eigenvalue weighted by molar-refractivity contribution is 7.45. The van der Waals surface area contributed by atoms with E-state index in [1.165, 1.54) is 0 Å². The van der Waals surface area contributed by atoms with E-state index in [1.54, 1.807) is 0 Å². The number of allylic oxidation sites excluding steroid dienone is 18. The molecule has 0 spiro atoms. The third kappa shape index (κ3) is 44.0. The van der Waals surface area contributed by atoms with Gasteiger partial charge in [0.05, 0.1) is 33.9 Å². The molecule has 0 bridgehead atoms. The minimum Gasteiger partial charge on any atom is -0.756 e. The highest BCUT2D eigenvalue weighted by Crippen LogP contribution is 2.38. The fourth-order valence-electron chi connectivity index (χ4n) is 4.93. The lowest BCUT2D eigenvalue weighted by atomic mass is 10.1. The summed E-state index contributed by atoms with van der Waals surface area (Å²) in [6.07, 6.45) is 49.8. The molecule has 334 valence electrons. The Morgan fingerprint density at radius 1 is 0.610 bits per heavy atom. The molecule has 1 N–H and O–H groups in total. The van der Waals surface area contributed by atoms with Gasteiger partial charge in [-0.25, -0.2) is 0 Å². The number of aliphatic hydroxyl groups is 1. The van der Waals surface area contributed by atoms with Crippen molar-refractivity contribution in [2.45, 2.75) is 135 Å². The Labute approximate surface area is 358 Å². The first-order valence-electron chi connectivity index (χ1n) is 21.6. The summed E-state index contributed by atoms with van der Waals surface area (Å²) in [5, 5.41) is 9.28. The summed E-state index contributed by atoms with van der Waals surface area (Å²) >= 11 is 0. The van der Waals surface area contributed by atoms with Gasteiger partial charge in [-0.1, -0.05) is 116 Å². The average molecular weight is 844 g/mol. The number of rotatable bonds is 37. The van der Waals surface area contributed by atoms with Crippen LogP contribution < -0.4 is 4.89 Å². The highest BCUT2D eigenvalue weighted by Gasteiger charge is 2.21. The van der Waals surface area contributed by atoms with Gasteiger partial charge in [0.15, 0.2) is 6.10 Å². The molecule has 3 atom stereocenters. The van der Waals surface area contributed by atoms with Crippen LogP contribution in [0.4, 0.5) is 0 Å². The summed E-state index contributed by atoms with van der Waals surface area (Å²) in [6.45, 7) is 3.48.